The first-order valence-corrected chi connectivity index (χ1v) is 5.78. The Labute approximate surface area is 94.4 Å². The molecule has 0 spiro atoms. The second-order valence-corrected chi connectivity index (χ2v) is 6.10. The maximum absolute atomic E-state index is 11.7. The van der Waals surface area contributed by atoms with Crippen molar-refractivity contribution in [2.45, 2.75) is 54.9 Å². The topological polar surface area (TPSA) is 26.3 Å². The van der Waals surface area contributed by atoms with Gasteiger partial charge in [-0.05, 0) is 31.6 Å². The Morgan fingerprint density at radius 3 is 2.00 bits per heavy atom. The van der Waals surface area contributed by atoms with Gasteiger partial charge in [-0.2, -0.15) is 0 Å². The standard InChI is InChI=1S/C13H26O2/c1-8-13(6,7)11(14)15-9-10(2)12(3,4)5/h10H,8-9H2,1-7H3/t10-/m1/s1. The van der Waals surface area contributed by atoms with Gasteiger partial charge in [0.1, 0.15) is 0 Å². The minimum atomic E-state index is -0.350. The first-order chi connectivity index (χ1) is 6.61. The Morgan fingerprint density at radius 1 is 1.20 bits per heavy atom. The van der Waals surface area contributed by atoms with Crippen LogP contribution in [0.5, 0.6) is 0 Å². The van der Waals surface area contributed by atoms with Crippen molar-refractivity contribution >= 4 is 5.97 Å². The molecule has 0 aliphatic heterocycles. The van der Waals surface area contributed by atoms with Crippen LogP contribution >= 0.6 is 0 Å². The van der Waals surface area contributed by atoms with Crippen LogP contribution < -0.4 is 0 Å². The highest BCUT2D eigenvalue weighted by Gasteiger charge is 2.29. The first kappa shape index (κ1) is 14.5. The summed E-state index contributed by atoms with van der Waals surface area (Å²) in [6.45, 7) is 15.0. The van der Waals surface area contributed by atoms with Gasteiger partial charge in [-0.3, -0.25) is 4.79 Å². The van der Waals surface area contributed by atoms with Crippen LogP contribution in [0.4, 0.5) is 0 Å². The molecule has 0 bridgehead atoms. The van der Waals surface area contributed by atoms with Crippen molar-refractivity contribution in [3.8, 4) is 0 Å². The Hall–Kier alpha value is -0.530. The Balaban J connectivity index is 4.13. The highest BCUT2D eigenvalue weighted by atomic mass is 16.5. The average molecular weight is 214 g/mol. The molecule has 2 nitrogen and oxygen atoms in total. The van der Waals surface area contributed by atoms with E-state index < -0.39 is 0 Å². The molecule has 0 fully saturated rings. The molecule has 0 N–H and O–H groups in total. The predicted molar refractivity (Wildman–Crippen MR) is 63.7 cm³/mol. The number of carbonyl (C=O) groups is 1. The van der Waals surface area contributed by atoms with Crippen LogP contribution in [0.3, 0.4) is 0 Å². The maximum Gasteiger partial charge on any atom is 0.311 e. The minimum Gasteiger partial charge on any atom is -0.465 e. The molecule has 0 saturated heterocycles. The van der Waals surface area contributed by atoms with Gasteiger partial charge < -0.3 is 4.74 Å². The normalized spacial score (nSPS) is 14.9. The van der Waals surface area contributed by atoms with Gasteiger partial charge in [0.2, 0.25) is 0 Å². The van der Waals surface area contributed by atoms with Crippen molar-refractivity contribution in [1.82, 2.24) is 0 Å². The van der Waals surface area contributed by atoms with Crippen LogP contribution in [0.15, 0.2) is 0 Å². The molecule has 0 heterocycles. The summed E-state index contributed by atoms with van der Waals surface area (Å²) in [4.78, 5) is 11.7. The molecule has 2 heteroatoms. The monoisotopic (exact) mass is 214 g/mol. The first-order valence-electron chi connectivity index (χ1n) is 5.78. The van der Waals surface area contributed by atoms with Crippen LogP contribution in [0.2, 0.25) is 0 Å². The molecule has 15 heavy (non-hydrogen) atoms. The molecular weight excluding hydrogens is 188 g/mol. The lowest BCUT2D eigenvalue weighted by Crippen LogP contribution is -2.30. The van der Waals surface area contributed by atoms with E-state index >= 15 is 0 Å². The van der Waals surface area contributed by atoms with E-state index in [2.05, 4.69) is 27.7 Å². The summed E-state index contributed by atoms with van der Waals surface area (Å²) in [5.41, 5.74) is -0.158. The fourth-order valence-electron chi connectivity index (χ4n) is 0.790. The second-order valence-electron chi connectivity index (χ2n) is 6.10. The van der Waals surface area contributed by atoms with E-state index in [4.69, 9.17) is 4.74 Å². The fourth-order valence-corrected chi connectivity index (χ4v) is 0.790. The van der Waals surface area contributed by atoms with Crippen LogP contribution in [-0.2, 0) is 9.53 Å². The summed E-state index contributed by atoms with van der Waals surface area (Å²) in [5, 5.41) is 0. The van der Waals surface area contributed by atoms with Gasteiger partial charge in [-0.15, -0.1) is 0 Å². The van der Waals surface area contributed by atoms with E-state index in [1.165, 1.54) is 0 Å². The molecule has 0 rings (SSSR count). The van der Waals surface area contributed by atoms with Crippen molar-refractivity contribution in [3.63, 3.8) is 0 Å². The summed E-state index contributed by atoms with van der Waals surface area (Å²) >= 11 is 0. The molecular formula is C13H26O2. The lowest BCUT2D eigenvalue weighted by molar-refractivity contribution is -0.156. The van der Waals surface area contributed by atoms with Crippen molar-refractivity contribution in [1.29, 1.82) is 0 Å². The van der Waals surface area contributed by atoms with Crippen molar-refractivity contribution < 1.29 is 9.53 Å². The molecule has 0 aliphatic rings. The summed E-state index contributed by atoms with van der Waals surface area (Å²) in [5.74, 6) is 0.301. The lowest BCUT2D eigenvalue weighted by atomic mass is 9.82. The molecule has 0 aromatic heterocycles. The van der Waals surface area contributed by atoms with Crippen LogP contribution in [0, 0.1) is 16.7 Å². The van der Waals surface area contributed by atoms with Crippen LogP contribution in [0.1, 0.15) is 54.9 Å². The highest BCUT2D eigenvalue weighted by molar-refractivity contribution is 5.75. The van der Waals surface area contributed by atoms with Gasteiger partial charge in [0.15, 0.2) is 0 Å². The van der Waals surface area contributed by atoms with E-state index in [0.717, 1.165) is 6.42 Å². The molecule has 0 radical (unpaired) electrons. The lowest BCUT2D eigenvalue weighted by Gasteiger charge is -2.28. The van der Waals surface area contributed by atoms with Gasteiger partial charge in [0.05, 0.1) is 12.0 Å². The molecule has 90 valence electrons. The fraction of sp³-hybridized carbons (Fsp3) is 0.923. The Kier molecular flexibility index (Phi) is 4.82. The van der Waals surface area contributed by atoms with E-state index in [9.17, 15) is 4.79 Å². The van der Waals surface area contributed by atoms with Crippen molar-refractivity contribution in [3.05, 3.63) is 0 Å². The zero-order valence-corrected chi connectivity index (χ0v) is 11.3. The Morgan fingerprint density at radius 2 is 1.67 bits per heavy atom. The number of ether oxygens (including phenoxy) is 1. The summed E-state index contributed by atoms with van der Waals surface area (Å²) in [6.07, 6.45) is 0.815. The van der Waals surface area contributed by atoms with Crippen LogP contribution in [0.25, 0.3) is 0 Å². The van der Waals surface area contributed by atoms with Crippen molar-refractivity contribution in [2.75, 3.05) is 6.61 Å². The zero-order chi connectivity index (χ0) is 12.3. The van der Waals surface area contributed by atoms with Gasteiger partial charge in [0.25, 0.3) is 0 Å². The second kappa shape index (κ2) is 5.00. The smallest absolute Gasteiger partial charge is 0.311 e. The molecule has 0 aromatic rings. The zero-order valence-electron chi connectivity index (χ0n) is 11.3. The average Bonchev–Trinajstić information content (AvgIpc) is 2.11. The summed E-state index contributed by atoms with van der Waals surface area (Å²) in [6, 6.07) is 0. The van der Waals surface area contributed by atoms with Gasteiger partial charge >= 0.3 is 5.97 Å². The van der Waals surface area contributed by atoms with Gasteiger partial charge in [0, 0.05) is 0 Å². The maximum atomic E-state index is 11.7. The highest BCUT2D eigenvalue weighted by Crippen LogP contribution is 2.27. The van der Waals surface area contributed by atoms with E-state index in [0.29, 0.717) is 12.5 Å². The van der Waals surface area contributed by atoms with E-state index in [-0.39, 0.29) is 16.8 Å². The summed E-state index contributed by atoms with van der Waals surface area (Å²) < 4.78 is 5.35. The van der Waals surface area contributed by atoms with Gasteiger partial charge in [-0.1, -0.05) is 34.6 Å². The third kappa shape index (κ3) is 4.67. The number of rotatable bonds is 4. The third-order valence-corrected chi connectivity index (χ3v) is 3.38. The molecule has 0 aromatic carbocycles. The number of hydrogen-bond donors (Lipinski definition) is 0. The molecule has 0 unspecified atom stereocenters. The van der Waals surface area contributed by atoms with Crippen LogP contribution in [-0.4, -0.2) is 12.6 Å². The van der Waals surface area contributed by atoms with Gasteiger partial charge in [-0.25, -0.2) is 0 Å². The summed E-state index contributed by atoms with van der Waals surface area (Å²) in [7, 11) is 0. The quantitative estimate of drug-likeness (QED) is 0.668. The number of esters is 1. The molecule has 1 atom stereocenters. The van der Waals surface area contributed by atoms with Crippen molar-refractivity contribution in [2.24, 2.45) is 16.7 Å². The third-order valence-electron chi connectivity index (χ3n) is 3.38. The minimum absolute atomic E-state index is 0.0823. The molecule has 0 aliphatic carbocycles. The largest absolute Gasteiger partial charge is 0.465 e. The van der Waals surface area contributed by atoms with E-state index in [1.54, 1.807) is 0 Å². The van der Waals surface area contributed by atoms with E-state index in [1.807, 2.05) is 20.8 Å². The number of carbonyl (C=O) groups excluding carboxylic acids is 1. The predicted octanol–water partition coefficient (Wildman–Crippen LogP) is 3.65. The molecule has 0 amide bonds. The SMILES string of the molecule is CCC(C)(C)C(=O)OC[C@@H](C)C(C)(C)C. The number of hydrogen-bond acceptors (Lipinski definition) is 2. The Bertz CT molecular complexity index is 211. The molecule has 0 saturated carbocycles.